The van der Waals surface area contributed by atoms with Crippen molar-refractivity contribution in [3.63, 3.8) is 0 Å². The van der Waals surface area contributed by atoms with Gasteiger partial charge in [-0.2, -0.15) is 0 Å². The molecule has 0 radical (unpaired) electrons. The topological polar surface area (TPSA) is 38.3 Å². The predicted octanol–water partition coefficient (Wildman–Crippen LogP) is -2.68. The van der Waals surface area contributed by atoms with Crippen molar-refractivity contribution in [2.24, 2.45) is 0 Å². The van der Waals surface area contributed by atoms with Gasteiger partial charge in [-0.1, -0.05) is 6.58 Å². The monoisotopic (exact) mass is 222 g/mol. The Bertz CT molecular complexity index is 178. The minimum Gasteiger partial charge on any atom is -1.00 e. The number of rotatable bonds is 6. The van der Waals surface area contributed by atoms with Crippen LogP contribution in [0.3, 0.4) is 0 Å². The van der Waals surface area contributed by atoms with Crippen molar-refractivity contribution in [3.05, 3.63) is 12.7 Å². The van der Waals surface area contributed by atoms with E-state index in [9.17, 15) is 4.79 Å². The number of nitrogens with one attached hydrogen (secondary N) is 1. The summed E-state index contributed by atoms with van der Waals surface area (Å²) < 4.78 is 0.902. The summed E-state index contributed by atoms with van der Waals surface area (Å²) in [7, 11) is 6.34. The van der Waals surface area contributed by atoms with Crippen molar-refractivity contribution in [2.75, 3.05) is 34.3 Å². The van der Waals surface area contributed by atoms with Crippen molar-refractivity contribution in [1.82, 2.24) is 5.48 Å². The van der Waals surface area contributed by atoms with E-state index in [1.807, 2.05) is 0 Å². The lowest BCUT2D eigenvalue weighted by Crippen LogP contribution is -3.00. The summed E-state index contributed by atoms with van der Waals surface area (Å²) in [4.78, 5) is 15.5. The molecule has 0 heterocycles. The van der Waals surface area contributed by atoms with E-state index in [1.54, 1.807) is 0 Å². The first kappa shape index (κ1) is 15.9. The summed E-state index contributed by atoms with van der Waals surface area (Å²) in [5, 5.41) is 0. The predicted molar refractivity (Wildman–Crippen MR) is 51.8 cm³/mol. The summed E-state index contributed by atoms with van der Waals surface area (Å²) in [5.74, 6) is -0.301. The van der Waals surface area contributed by atoms with Crippen molar-refractivity contribution in [3.8, 4) is 0 Å². The summed E-state index contributed by atoms with van der Waals surface area (Å²) in [5.41, 5.74) is 2.25. The van der Waals surface area contributed by atoms with Gasteiger partial charge < -0.3 is 16.9 Å². The third kappa shape index (κ3) is 11.4. The summed E-state index contributed by atoms with van der Waals surface area (Å²) in [6.07, 6.45) is 2.10. The van der Waals surface area contributed by atoms with Gasteiger partial charge in [-0.3, -0.25) is 9.63 Å². The second kappa shape index (κ2) is 7.79. The Morgan fingerprint density at radius 3 is 2.50 bits per heavy atom. The van der Waals surface area contributed by atoms with E-state index >= 15 is 0 Å². The van der Waals surface area contributed by atoms with Gasteiger partial charge in [0, 0.05) is 6.42 Å². The van der Waals surface area contributed by atoms with Crippen molar-refractivity contribution in [2.45, 2.75) is 6.42 Å². The van der Waals surface area contributed by atoms with Crippen LogP contribution in [0.2, 0.25) is 0 Å². The second-order valence-corrected chi connectivity index (χ2v) is 3.89. The lowest BCUT2D eigenvalue weighted by molar-refractivity contribution is -0.870. The maximum atomic E-state index is 10.6. The molecule has 0 unspecified atom stereocenters. The number of nitrogens with zero attached hydrogens (tertiary/aromatic N) is 1. The largest absolute Gasteiger partial charge is 1.00 e. The Balaban J connectivity index is 0. The maximum Gasteiger partial charge on any atom is 0.266 e. The Labute approximate surface area is 91.9 Å². The van der Waals surface area contributed by atoms with Crippen LogP contribution in [-0.4, -0.2) is 44.7 Å². The molecule has 0 aromatic heterocycles. The molecule has 0 rings (SSSR count). The Kier molecular flexibility index (Phi) is 8.83. The summed E-state index contributed by atoms with van der Waals surface area (Å²) in [6.45, 7) is 4.86. The van der Waals surface area contributed by atoms with Crippen molar-refractivity contribution < 1.29 is 26.5 Å². The third-order valence-electron chi connectivity index (χ3n) is 1.43. The molecule has 1 amide bonds. The molecule has 0 atom stereocenters. The van der Waals surface area contributed by atoms with Gasteiger partial charge in [-0.15, -0.1) is 0 Å². The molecular weight excluding hydrogens is 204 g/mol. The molecule has 0 aliphatic heterocycles. The van der Waals surface area contributed by atoms with Crippen LogP contribution in [0.4, 0.5) is 0 Å². The molecule has 0 saturated heterocycles. The number of hydrogen-bond donors (Lipinski definition) is 1. The highest BCUT2D eigenvalue weighted by Gasteiger charge is 2.05. The zero-order valence-corrected chi connectivity index (χ0v) is 9.80. The molecule has 0 aromatic rings. The highest BCUT2D eigenvalue weighted by Crippen LogP contribution is 1.92. The molecular formula is C9H19ClN2O2. The third-order valence-corrected chi connectivity index (χ3v) is 1.43. The van der Waals surface area contributed by atoms with Crippen LogP contribution >= 0.6 is 0 Å². The summed E-state index contributed by atoms with van der Waals surface area (Å²) in [6, 6.07) is 0. The Morgan fingerprint density at radius 2 is 2.07 bits per heavy atom. The molecule has 14 heavy (non-hydrogen) atoms. The van der Waals surface area contributed by atoms with Gasteiger partial charge in [-0.25, -0.2) is 5.48 Å². The molecule has 0 aliphatic carbocycles. The van der Waals surface area contributed by atoms with Gasteiger partial charge in [0.25, 0.3) is 5.91 Å². The quantitative estimate of drug-likeness (QED) is 0.230. The second-order valence-electron chi connectivity index (χ2n) is 3.89. The van der Waals surface area contributed by atoms with Gasteiger partial charge in [0.1, 0.15) is 0 Å². The zero-order valence-electron chi connectivity index (χ0n) is 9.05. The number of carbonyl (C=O) groups excluding carboxylic acids is 1. The van der Waals surface area contributed by atoms with Gasteiger partial charge in [0.15, 0.2) is 0 Å². The van der Waals surface area contributed by atoms with E-state index in [1.165, 1.54) is 6.08 Å². The lowest BCUT2D eigenvalue weighted by Gasteiger charge is -2.23. The van der Waals surface area contributed by atoms with Gasteiger partial charge >= 0.3 is 0 Å². The van der Waals surface area contributed by atoms with Crippen LogP contribution in [-0.2, 0) is 9.63 Å². The molecule has 1 N–H and O–H groups in total. The average molecular weight is 223 g/mol. The van der Waals surface area contributed by atoms with Crippen LogP contribution in [0.15, 0.2) is 12.7 Å². The molecule has 0 saturated carbocycles. The molecule has 0 aliphatic rings. The molecule has 0 aromatic carbocycles. The van der Waals surface area contributed by atoms with Crippen molar-refractivity contribution in [1.29, 1.82) is 0 Å². The van der Waals surface area contributed by atoms with Gasteiger partial charge in [-0.05, 0) is 6.08 Å². The minimum absolute atomic E-state index is 0. The molecule has 0 spiro atoms. The highest BCUT2D eigenvalue weighted by molar-refractivity contribution is 5.85. The van der Waals surface area contributed by atoms with Gasteiger partial charge in [0.05, 0.1) is 34.3 Å². The minimum atomic E-state index is -0.301. The number of hydrogen-bond acceptors (Lipinski definition) is 2. The maximum absolute atomic E-state index is 10.6. The van der Waals surface area contributed by atoms with E-state index < -0.39 is 0 Å². The molecule has 84 valence electrons. The SMILES string of the molecule is C=CC(=O)NOCCC[N+](C)(C)C.[Cl-]. The summed E-state index contributed by atoms with van der Waals surface area (Å²) >= 11 is 0. The van der Waals surface area contributed by atoms with Gasteiger partial charge in [0.2, 0.25) is 0 Å². The molecule has 0 fully saturated rings. The van der Waals surface area contributed by atoms with E-state index in [4.69, 9.17) is 4.84 Å². The number of quaternary nitrogens is 1. The standard InChI is InChI=1S/C9H18N2O2.ClH/c1-5-9(12)10-13-8-6-7-11(2,3)4;/h5H,1,6-8H2,2-4H3;1H. The Morgan fingerprint density at radius 1 is 1.50 bits per heavy atom. The van der Waals surface area contributed by atoms with Crippen LogP contribution in [0.5, 0.6) is 0 Å². The van der Waals surface area contributed by atoms with E-state index in [2.05, 4.69) is 33.2 Å². The first-order valence-corrected chi connectivity index (χ1v) is 4.30. The first-order chi connectivity index (χ1) is 5.95. The highest BCUT2D eigenvalue weighted by atomic mass is 35.5. The van der Waals surface area contributed by atoms with E-state index in [-0.39, 0.29) is 18.3 Å². The van der Waals surface area contributed by atoms with Crippen molar-refractivity contribution >= 4 is 5.91 Å². The van der Waals surface area contributed by atoms with Crippen LogP contribution < -0.4 is 17.9 Å². The van der Waals surface area contributed by atoms with Crippen LogP contribution in [0.25, 0.3) is 0 Å². The number of amides is 1. The van der Waals surface area contributed by atoms with E-state index in [0.717, 1.165) is 17.4 Å². The number of halogens is 1. The number of carbonyl (C=O) groups is 1. The number of hydroxylamine groups is 1. The smallest absolute Gasteiger partial charge is 0.266 e. The lowest BCUT2D eigenvalue weighted by atomic mass is 10.4. The fourth-order valence-corrected chi connectivity index (χ4v) is 0.775. The Hall–Kier alpha value is -0.580. The zero-order chi connectivity index (χ0) is 10.3. The molecule has 0 bridgehead atoms. The first-order valence-electron chi connectivity index (χ1n) is 4.30. The fraction of sp³-hybridized carbons (Fsp3) is 0.667. The van der Waals surface area contributed by atoms with Crippen LogP contribution in [0.1, 0.15) is 6.42 Å². The normalized spacial score (nSPS) is 10.2. The van der Waals surface area contributed by atoms with E-state index in [0.29, 0.717) is 6.61 Å². The fourth-order valence-electron chi connectivity index (χ4n) is 0.775. The van der Waals surface area contributed by atoms with Crippen LogP contribution in [0, 0.1) is 0 Å². The average Bonchev–Trinajstić information content (AvgIpc) is 2.01. The molecule has 5 heteroatoms. The molecule has 4 nitrogen and oxygen atoms in total.